The van der Waals surface area contributed by atoms with Gasteiger partial charge in [0, 0.05) is 6.07 Å². The molecule has 0 aliphatic rings. The first-order chi connectivity index (χ1) is 8.17. The van der Waals surface area contributed by atoms with Crippen LogP contribution in [0.3, 0.4) is 0 Å². The molecule has 0 spiro atoms. The fourth-order valence-electron chi connectivity index (χ4n) is 1.84. The molecule has 0 aliphatic carbocycles. The molecule has 0 saturated heterocycles. The molecule has 0 bridgehead atoms. The van der Waals surface area contributed by atoms with E-state index in [4.69, 9.17) is 12.2 Å². The van der Waals surface area contributed by atoms with Gasteiger partial charge in [-0.3, -0.25) is 0 Å². The monoisotopic (exact) mass is 231 g/mol. The smallest absolute Gasteiger partial charge is 0.127 e. The lowest BCUT2D eigenvalue weighted by atomic mass is 10.2. The van der Waals surface area contributed by atoms with Gasteiger partial charge in [-0.25, -0.2) is 9.37 Å². The number of hydrogen-bond acceptors (Lipinski definition) is 2. The first-order valence-electron chi connectivity index (χ1n) is 5.52. The van der Waals surface area contributed by atoms with Crippen LogP contribution in [0.1, 0.15) is 25.2 Å². The maximum absolute atomic E-state index is 13.1. The molecule has 2 N–H and O–H groups in total. The minimum Gasteiger partial charge on any atom is -0.321 e. The Bertz CT molecular complexity index is 580. The van der Waals surface area contributed by atoms with Gasteiger partial charge in [0.1, 0.15) is 11.6 Å². The summed E-state index contributed by atoms with van der Waals surface area (Å²) in [5, 5.41) is 0. The van der Waals surface area contributed by atoms with Crippen molar-refractivity contribution in [3.8, 4) is 12.3 Å². The van der Waals surface area contributed by atoms with Crippen molar-refractivity contribution >= 4 is 11.0 Å². The number of hydrogen-bond donors (Lipinski definition) is 1. The number of terminal acetylenes is 1. The molecule has 1 heterocycles. The molecule has 1 unspecified atom stereocenters. The van der Waals surface area contributed by atoms with Crippen LogP contribution in [0.2, 0.25) is 0 Å². The van der Waals surface area contributed by atoms with E-state index < -0.39 is 0 Å². The van der Waals surface area contributed by atoms with Crippen LogP contribution in [0.4, 0.5) is 4.39 Å². The lowest BCUT2D eigenvalue weighted by Gasteiger charge is -2.10. The first-order valence-corrected chi connectivity index (χ1v) is 5.52. The molecule has 17 heavy (non-hydrogen) atoms. The average Bonchev–Trinajstić information content (AvgIpc) is 2.67. The second-order valence-electron chi connectivity index (χ2n) is 3.91. The second-order valence-corrected chi connectivity index (χ2v) is 3.91. The van der Waals surface area contributed by atoms with Crippen molar-refractivity contribution in [2.24, 2.45) is 5.73 Å². The van der Waals surface area contributed by atoms with Crippen molar-refractivity contribution in [3.05, 3.63) is 29.8 Å². The molecule has 0 saturated carbocycles. The molecule has 0 amide bonds. The maximum Gasteiger partial charge on any atom is 0.127 e. The zero-order chi connectivity index (χ0) is 12.4. The van der Waals surface area contributed by atoms with E-state index in [1.54, 1.807) is 6.07 Å². The molecule has 2 rings (SSSR count). The number of benzene rings is 1. The van der Waals surface area contributed by atoms with Gasteiger partial charge < -0.3 is 10.3 Å². The Hall–Kier alpha value is -1.86. The molecule has 1 atom stereocenters. The van der Waals surface area contributed by atoms with Crippen LogP contribution in [0.5, 0.6) is 0 Å². The Labute approximate surface area is 99.4 Å². The van der Waals surface area contributed by atoms with Gasteiger partial charge in [-0.2, -0.15) is 0 Å². The van der Waals surface area contributed by atoms with Gasteiger partial charge in [0.2, 0.25) is 0 Å². The summed E-state index contributed by atoms with van der Waals surface area (Å²) in [6.45, 7) is 2.37. The van der Waals surface area contributed by atoms with Crippen molar-refractivity contribution in [2.75, 3.05) is 0 Å². The Kier molecular flexibility index (Phi) is 3.12. The molecule has 88 valence electrons. The quantitative estimate of drug-likeness (QED) is 0.823. The van der Waals surface area contributed by atoms with E-state index in [2.05, 4.69) is 10.9 Å². The van der Waals surface area contributed by atoms with Gasteiger partial charge in [-0.15, -0.1) is 6.42 Å². The maximum atomic E-state index is 13.1. The van der Waals surface area contributed by atoms with E-state index in [9.17, 15) is 4.39 Å². The van der Waals surface area contributed by atoms with Gasteiger partial charge in [0.05, 0.1) is 23.6 Å². The van der Waals surface area contributed by atoms with E-state index >= 15 is 0 Å². The number of nitrogens with two attached hydrogens (primary N) is 1. The molecule has 0 aliphatic heterocycles. The highest BCUT2D eigenvalue weighted by Gasteiger charge is 2.15. The van der Waals surface area contributed by atoms with Crippen molar-refractivity contribution in [3.63, 3.8) is 0 Å². The van der Waals surface area contributed by atoms with Crippen LogP contribution in [0.25, 0.3) is 11.0 Å². The highest BCUT2D eigenvalue weighted by atomic mass is 19.1. The minimum atomic E-state index is -0.306. The van der Waals surface area contributed by atoms with Crippen LogP contribution < -0.4 is 5.73 Å². The fraction of sp³-hybridized carbons (Fsp3) is 0.308. The van der Waals surface area contributed by atoms with Gasteiger partial charge in [-0.05, 0) is 18.6 Å². The SMILES string of the molecule is C#CCn1c(C(N)CC)nc2cc(F)ccc21. The average molecular weight is 231 g/mol. The summed E-state index contributed by atoms with van der Waals surface area (Å²) >= 11 is 0. The van der Waals surface area contributed by atoms with Crippen LogP contribution in [0.15, 0.2) is 18.2 Å². The molecule has 0 radical (unpaired) electrons. The lowest BCUT2D eigenvalue weighted by molar-refractivity contribution is 0.612. The van der Waals surface area contributed by atoms with Gasteiger partial charge in [0.25, 0.3) is 0 Å². The van der Waals surface area contributed by atoms with E-state index in [0.29, 0.717) is 17.9 Å². The van der Waals surface area contributed by atoms with Crippen LogP contribution in [-0.4, -0.2) is 9.55 Å². The normalized spacial score (nSPS) is 12.6. The molecule has 3 nitrogen and oxygen atoms in total. The summed E-state index contributed by atoms with van der Waals surface area (Å²) in [7, 11) is 0. The molecule has 1 aromatic heterocycles. The Morgan fingerprint density at radius 1 is 1.59 bits per heavy atom. The highest BCUT2D eigenvalue weighted by molar-refractivity contribution is 5.76. The number of halogens is 1. The summed E-state index contributed by atoms with van der Waals surface area (Å²) in [6, 6.07) is 4.30. The Morgan fingerprint density at radius 3 is 3.00 bits per heavy atom. The zero-order valence-corrected chi connectivity index (χ0v) is 9.65. The molecule has 2 aromatic rings. The predicted octanol–water partition coefficient (Wildman–Crippen LogP) is 2.22. The molecule has 0 fully saturated rings. The highest BCUT2D eigenvalue weighted by Crippen LogP contribution is 2.21. The van der Waals surface area contributed by atoms with Gasteiger partial charge in [-0.1, -0.05) is 12.8 Å². The molecule has 4 heteroatoms. The van der Waals surface area contributed by atoms with E-state index in [1.807, 2.05) is 11.5 Å². The van der Waals surface area contributed by atoms with Crippen molar-refractivity contribution < 1.29 is 4.39 Å². The lowest BCUT2D eigenvalue weighted by Crippen LogP contribution is -2.15. The van der Waals surface area contributed by atoms with Crippen molar-refractivity contribution in [1.29, 1.82) is 0 Å². The fourth-order valence-corrected chi connectivity index (χ4v) is 1.84. The number of nitrogens with zero attached hydrogens (tertiary/aromatic N) is 2. The van der Waals surface area contributed by atoms with Crippen molar-refractivity contribution in [1.82, 2.24) is 9.55 Å². The summed E-state index contributed by atoms with van der Waals surface area (Å²) in [5.41, 5.74) is 7.40. The Morgan fingerprint density at radius 2 is 2.35 bits per heavy atom. The van der Waals surface area contributed by atoms with Crippen molar-refractivity contribution in [2.45, 2.75) is 25.9 Å². The second kappa shape index (κ2) is 4.56. The number of aromatic nitrogens is 2. The standard InChI is InChI=1S/C13H14FN3/c1-3-7-17-12-6-5-9(14)8-11(12)16-13(17)10(15)4-2/h1,5-6,8,10H,4,7,15H2,2H3. The van der Waals surface area contributed by atoms with E-state index in [1.165, 1.54) is 12.1 Å². The zero-order valence-electron chi connectivity index (χ0n) is 9.65. The van der Waals surface area contributed by atoms with Crippen LogP contribution in [0, 0.1) is 18.2 Å². The third-order valence-corrected chi connectivity index (χ3v) is 2.76. The number of imidazole rings is 1. The topological polar surface area (TPSA) is 43.8 Å². The number of fused-ring (bicyclic) bond motifs is 1. The molecular formula is C13H14FN3. The number of rotatable bonds is 3. The predicted molar refractivity (Wildman–Crippen MR) is 65.7 cm³/mol. The van der Waals surface area contributed by atoms with E-state index in [-0.39, 0.29) is 11.9 Å². The third-order valence-electron chi connectivity index (χ3n) is 2.76. The minimum absolute atomic E-state index is 0.182. The van der Waals surface area contributed by atoms with Gasteiger partial charge >= 0.3 is 0 Å². The largest absolute Gasteiger partial charge is 0.321 e. The Balaban J connectivity index is 2.66. The molecule has 1 aromatic carbocycles. The summed E-state index contributed by atoms with van der Waals surface area (Å²) in [5.74, 6) is 2.98. The summed E-state index contributed by atoms with van der Waals surface area (Å²) in [6.07, 6.45) is 6.10. The van der Waals surface area contributed by atoms with Crippen LogP contribution in [-0.2, 0) is 6.54 Å². The summed E-state index contributed by atoms with van der Waals surface area (Å²) in [4.78, 5) is 4.37. The first kappa shape index (κ1) is 11.6. The summed E-state index contributed by atoms with van der Waals surface area (Å²) < 4.78 is 15.0. The third kappa shape index (κ3) is 2.02. The van der Waals surface area contributed by atoms with E-state index in [0.717, 1.165) is 11.9 Å². The van der Waals surface area contributed by atoms with Crippen LogP contribution >= 0.6 is 0 Å². The molecular weight excluding hydrogens is 217 g/mol. The van der Waals surface area contributed by atoms with Gasteiger partial charge in [0.15, 0.2) is 0 Å².